The van der Waals surface area contributed by atoms with Crippen molar-refractivity contribution in [3.8, 4) is 0 Å². The second kappa shape index (κ2) is 11.2. The molecule has 0 heterocycles. The Kier molecular flexibility index (Phi) is 10.6. The zero-order valence-electron chi connectivity index (χ0n) is 9.74. The van der Waals surface area contributed by atoms with Crippen LogP contribution in [-0.4, -0.2) is 17.2 Å². The lowest BCUT2D eigenvalue weighted by atomic mass is 10.1. The smallest absolute Gasteiger partial charge is 0.138 e. The number of carbonyl (C=O) groups is 1. The number of ketones is 1. The topological polar surface area (TPSA) is 49.7 Å². The molecule has 0 bridgehead atoms. The van der Waals surface area contributed by atoms with E-state index >= 15 is 0 Å². The molecule has 0 aliphatic rings. The number of hydrogen-bond donors (Lipinski definition) is 1. The first-order chi connectivity index (χ1) is 7.31. The molecule has 88 valence electrons. The summed E-state index contributed by atoms with van der Waals surface area (Å²) < 4.78 is 0. The van der Waals surface area contributed by atoms with E-state index in [2.05, 4.69) is 12.1 Å². The van der Waals surface area contributed by atoms with E-state index in [0.29, 0.717) is 6.42 Å². The van der Waals surface area contributed by atoms with Crippen molar-refractivity contribution in [1.29, 1.82) is 0 Å². The fraction of sp³-hybridized carbons (Fsp3) is 0.833. The highest BCUT2D eigenvalue weighted by atomic mass is 16.4. The molecule has 15 heavy (non-hydrogen) atoms. The molecule has 0 fully saturated rings. The van der Waals surface area contributed by atoms with Crippen LogP contribution >= 0.6 is 0 Å². The van der Waals surface area contributed by atoms with Crippen LogP contribution in [-0.2, 0) is 4.79 Å². The SMILES string of the molecule is CCCCCCCCCC(=O)C/C=N/O. The predicted molar refractivity (Wildman–Crippen MR) is 62.5 cm³/mol. The standard InChI is InChI=1S/C12H23NO2/c1-2-3-4-5-6-7-8-9-12(14)10-11-13-15/h11,15H,2-10H2,1H3/b13-11+. The largest absolute Gasteiger partial charge is 0.411 e. The van der Waals surface area contributed by atoms with Crippen LogP contribution in [0.4, 0.5) is 0 Å². The molecule has 0 aliphatic carbocycles. The Hall–Kier alpha value is -0.860. The summed E-state index contributed by atoms with van der Waals surface area (Å²) in [5.74, 6) is 0.168. The van der Waals surface area contributed by atoms with Gasteiger partial charge in [0.15, 0.2) is 0 Å². The highest BCUT2D eigenvalue weighted by molar-refractivity contribution is 5.91. The van der Waals surface area contributed by atoms with Gasteiger partial charge in [0.25, 0.3) is 0 Å². The van der Waals surface area contributed by atoms with Crippen molar-refractivity contribution < 1.29 is 10.0 Å². The number of oxime groups is 1. The Balaban J connectivity index is 3.13. The van der Waals surface area contributed by atoms with Gasteiger partial charge in [0.05, 0.1) is 6.21 Å². The van der Waals surface area contributed by atoms with Crippen LogP contribution in [0.5, 0.6) is 0 Å². The molecule has 0 aromatic rings. The molecule has 0 spiro atoms. The highest BCUT2D eigenvalue weighted by Gasteiger charge is 1.99. The molecule has 0 saturated heterocycles. The molecule has 0 aromatic heterocycles. The van der Waals surface area contributed by atoms with E-state index < -0.39 is 0 Å². The molecular weight excluding hydrogens is 190 g/mol. The number of unbranched alkanes of at least 4 members (excludes halogenated alkanes) is 6. The zero-order chi connectivity index (χ0) is 11.4. The molecule has 0 amide bonds. The van der Waals surface area contributed by atoms with Crippen LogP contribution in [0.25, 0.3) is 0 Å². The van der Waals surface area contributed by atoms with Gasteiger partial charge in [0.2, 0.25) is 0 Å². The minimum Gasteiger partial charge on any atom is -0.411 e. The predicted octanol–water partition coefficient (Wildman–Crippen LogP) is 3.55. The van der Waals surface area contributed by atoms with E-state index in [1.807, 2.05) is 0 Å². The lowest BCUT2D eigenvalue weighted by molar-refractivity contribution is -0.118. The Morgan fingerprint density at radius 3 is 2.33 bits per heavy atom. The van der Waals surface area contributed by atoms with Gasteiger partial charge in [0.1, 0.15) is 5.78 Å². The fourth-order valence-electron chi connectivity index (χ4n) is 1.52. The molecule has 0 radical (unpaired) electrons. The first-order valence-electron chi connectivity index (χ1n) is 5.98. The van der Waals surface area contributed by atoms with Crippen molar-refractivity contribution >= 4 is 12.0 Å². The van der Waals surface area contributed by atoms with Crippen LogP contribution in [0, 0.1) is 0 Å². The fourth-order valence-corrected chi connectivity index (χ4v) is 1.52. The second-order valence-corrected chi connectivity index (χ2v) is 3.91. The summed E-state index contributed by atoms with van der Waals surface area (Å²) in [6.45, 7) is 2.21. The van der Waals surface area contributed by atoms with Gasteiger partial charge in [-0.25, -0.2) is 0 Å². The van der Waals surface area contributed by atoms with E-state index in [1.54, 1.807) is 0 Å². The van der Waals surface area contributed by atoms with E-state index in [9.17, 15) is 4.79 Å². The quantitative estimate of drug-likeness (QED) is 0.261. The van der Waals surface area contributed by atoms with Crippen molar-refractivity contribution in [1.82, 2.24) is 0 Å². The average Bonchev–Trinajstić information content (AvgIpc) is 2.25. The zero-order valence-corrected chi connectivity index (χ0v) is 9.74. The van der Waals surface area contributed by atoms with Crippen LogP contribution in [0.3, 0.4) is 0 Å². The normalized spacial score (nSPS) is 11.0. The highest BCUT2D eigenvalue weighted by Crippen LogP contribution is 2.08. The summed E-state index contributed by atoms with van der Waals surface area (Å²) in [4.78, 5) is 11.1. The van der Waals surface area contributed by atoms with Crippen molar-refractivity contribution in [3.05, 3.63) is 0 Å². The summed E-state index contributed by atoms with van der Waals surface area (Å²) in [5, 5.41) is 10.9. The Labute approximate surface area is 92.6 Å². The molecule has 3 heteroatoms. The Bertz CT molecular complexity index is 178. The number of hydrogen-bond acceptors (Lipinski definition) is 3. The first kappa shape index (κ1) is 14.1. The number of carbonyl (C=O) groups excluding carboxylic acids is 1. The summed E-state index contributed by atoms with van der Waals surface area (Å²) >= 11 is 0. The minimum absolute atomic E-state index is 0.168. The van der Waals surface area contributed by atoms with E-state index in [0.717, 1.165) is 12.8 Å². The molecule has 3 nitrogen and oxygen atoms in total. The van der Waals surface area contributed by atoms with Gasteiger partial charge in [-0.3, -0.25) is 4.79 Å². The van der Waals surface area contributed by atoms with E-state index in [-0.39, 0.29) is 12.2 Å². The third kappa shape index (κ3) is 11.1. The van der Waals surface area contributed by atoms with E-state index in [4.69, 9.17) is 5.21 Å². The maximum absolute atomic E-state index is 11.1. The van der Waals surface area contributed by atoms with Crippen molar-refractivity contribution in [2.75, 3.05) is 0 Å². The van der Waals surface area contributed by atoms with Gasteiger partial charge >= 0.3 is 0 Å². The summed E-state index contributed by atoms with van der Waals surface area (Å²) in [7, 11) is 0. The van der Waals surface area contributed by atoms with Gasteiger partial charge in [-0.05, 0) is 6.42 Å². The summed E-state index contributed by atoms with van der Waals surface area (Å²) in [6, 6.07) is 0. The van der Waals surface area contributed by atoms with Gasteiger partial charge in [-0.15, -0.1) is 5.16 Å². The molecule has 0 saturated carbocycles. The van der Waals surface area contributed by atoms with E-state index in [1.165, 1.54) is 38.3 Å². The molecule has 0 unspecified atom stereocenters. The first-order valence-corrected chi connectivity index (χ1v) is 5.98. The second-order valence-electron chi connectivity index (χ2n) is 3.91. The summed E-state index contributed by atoms with van der Waals surface area (Å²) in [5.41, 5.74) is 0. The van der Waals surface area contributed by atoms with Crippen molar-refractivity contribution in [3.63, 3.8) is 0 Å². The third-order valence-electron chi connectivity index (χ3n) is 2.46. The molecule has 0 atom stereocenters. The maximum Gasteiger partial charge on any atom is 0.138 e. The Morgan fingerprint density at radius 2 is 1.73 bits per heavy atom. The monoisotopic (exact) mass is 213 g/mol. The third-order valence-corrected chi connectivity index (χ3v) is 2.46. The van der Waals surface area contributed by atoms with Crippen LogP contribution in [0.15, 0.2) is 5.16 Å². The van der Waals surface area contributed by atoms with Crippen LogP contribution in [0.2, 0.25) is 0 Å². The maximum atomic E-state index is 11.1. The number of rotatable bonds is 10. The number of Topliss-reactive ketones (excluding diaryl/α,β-unsaturated/α-hetero) is 1. The molecule has 1 N–H and O–H groups in total. The van der Waals surface area contributed by atoms with Gasteiger partial charge in [-0.1, -0.05) is 45.4 Å². The van der Waals surface area contributed by atoms with Crippen molar-refractivity contribution in [2.24, 2.45) is 5.16 Å². The lowest BCUT2D eigenvalue weighted by Gasteiger charge is -1.99. The summed E-state index contributed by atoms with van der Waals surface area (Å²) in [6.07, 6.45) is 10.7. The minimum atomic E-state index is 0.168. The lowest BCUT2D eigenvalue weighted by Crippen LogP contribution is -1.98. The molecular formula is C12H23NO2. The number of nitrogens with zero attached hydrogens (tertiary/aromatic N) is 1. The van der Waals surface area contributed by atoms with Crippen LogP contribution in [0.1, 0.15) is 64.7 Å². The van der Waals surface area contributed by atoms with Gasteiger partial charge < -0.3 is 5.21 Å². The average molecular weight is 213 g/mol. The van der Waals surface area contributed by atoms with Gasteiger partial charge in [-0.2, -0.15) is 0 Å². The van der Waals surface area contributed by atoms with Gasteiger partial charge in [0, 0.05) is 12.8 Å². The molecule has 0 aromatic carbocycles. The molecule has 0 aliphatic heterocycles. The molecule has 0 rings (SSSR count). The Morgan fingerprint density at radius 1 is 1.13 bits per heavy atom. The van der Waals surface area contributed by atoms with Crippen molar-refractivity contribution in [2.45, 2.75) is 64.7 Å². The van der Waals surface area contributed by atoms with Crippen LogP contribution < -0.4 is 0 Å².